The molecule has 0 fully saturated rings. The van der Waals surface area contributed by atoms with Crippen LogP contribution < -0.4 is 11.1 Å². The van der Waals surface area contributed by atoms with Gasteiger partial charge in [-0.25, -0.2) is 13.2 Å². The number of carbonyl (C=O) groups excluding carboxylic acids is 1. The molecule has 0 aliphatic carbocycles. The predicted octanol–water partition coefficient (Wildman–Crippen LogP) is 4.94. The number of aromatic nitrogens is 1. The molecule has 0 saturated heterocycles. The van der Waals surface area contributed by atoms with Crippen molar-refractivity contribution in [2.24, 2.45) is 0 Å². The molecule has 0 aliphatic heterocycles. The lowest BCUT2D eigenvalue weighted by atomic mass is 10.2. The molecule has 0 atom stereocenters. The lowest BCUT2D eigenvalue weighted by Gasteiger charge is -2.12. The number of halogens is 3. The van der Waals surface area contributed by atoms with Crippen molar-refractivity contribution < 1.29 is 18.0 Å². The van der Waals surface area contributed by atoms with Crippen LogP contribution in [0.25, 0.3) is 10.9 Å². The molecule has 29 heavy (non-hydrogen) atoms. The van der Waals surface area contributed by atoms with Gasteiger partial charge in [-0.3, -0.25) is 4.79 Å². The van der Waals surface area contributed by atoms with Gasteiger partial charge in [-0.1, -0.05) is 6.07 Å². The van der Waals surface area contributed by atoms with Gasteiger partial charge in [0.05, 0.1) is 6.54 Å². The zero-order chi connectivity index (χ0) is 20.5. The van der Waals surface area contributed by atoms with E-state index in [9.17, 15) is 18.0 Å². The van der Waals surface area contributed by atoms with E-state index in [2.05, 4.69) is 5.32 Å². The first kappa shape index (κ1) is 18.6. The fraction of sp³-hybridized carbons (Fsp3) is 0.0455. The van der Waals surface area contributed by atoms with Crippen LogP contribution in [0.4, 0.5) is 24.5 Å². The van der Waals surface area contributed by atoms with Crippen molar-refractivity contribution >= 4 is 28.2 Å². The molecule has 4 rings (SSSR count). The Bertz CT molecular complexity index is 1220. The summed E-state index contributed by atoms with van der Waals surface area (Å²) in [6, 6.07) is 15.4. The van der Waals surface area contributed by atoms with Crippen LogP contribution in [0.1, 0.15) is 16.1 Å². The molecule has 0 radical (unpaired) electrons. The molecule has 3 aromatic carbocycles. The van der Waals surface area contributed by atoms with Crippen molar-refractivity contribution in [2.45, 2.75) is 6.54 Å². The Morgan fingerprint density at radius 2 is 1.62 bits per heavy atom. The van der Waals surface area contributed by atoms with Gasteiger partial charge >= 0.3 is 0 Å². The number of nitrogens with two attached hydrogens (primary N) is 1. The molecule has 0 spiro atoms. The minimum Gasteiger partial charge on any atom is -0.399 e. The summed E-state index contributed by atoms with van der Waals surface area (Å²) in [5.41, 5.74) is 7.95. The molecule has 1 aromatic heterocycles. The van der Waals surface area contributed by atoms with E-state index in [-0.39, 0.29) is 17.8 Å². The summed E-state index contributed by atoms with van der Waals surface area (Å²) in [4.78, 5) is 12.9. The van der Waals surface area contributed by atoms with Crippen LogP contribution in [-0.4, -0.2) is 10.5 Å². The molecule has 7 heteroatoms. The van der Waals surface area contributed by atoms with Crippen molar-refractivity contribution in [2.75, 3.05) is 11.1 Å². The minimum atomic E-state index is -0.702. The maximum absolute atomic E-state index is 14.2. The van der Waals surface area contributed by atoms with E-state index >= 15 is 0 Å². The SMILES string of the molecule is Nc1ccc2c(c1)cc(C(=O)Nc1ccc(F)cc1)n2Cc1ccc(F)cc1F. The smallest absolute Gasteiger partial charge is 0.272 e. The third kappa shape index (κ3) is 3.80. The van der Waals surface area contributed by atoms with Crippen molar-refractivity contribution in [3.8, 4) is 0 Å². The van der Waals surface area contributed by atoms with Crippen LogP contribution in [0.15, 0.2) is 66.7 Å². The lowest BCUT2D eigenvalue weighted by Crippen LogP contribution is -2.18. The summed E-state index contributed by atoms with van der Waals surface area (Å²) in [7, 11) is 0. The third-order valence-electron chi connectivity index (χ3n) is 4.60. The highest BCUT2D eigenvalue weighted by atomic mass is 19.1. The highest BCUT2D eigenvalue weighted by Crippen LogP contribution is 2.25. The maximum atomic E-state index is 14.2. The Hall–Kier alpha value is -3.74. The number of nitrogen functional groups attached to an aromatic ring is 1. The molecule has 146 valence electrons. The topological polar surface area (TPSA) is 60.1 Å². The Balaban J connectivity index is 1.76. The maximum Gasteiger partial charge on any atom is 0.272 e. The highest BCUT2D eigenvalue weighted by Gasteiger charge is 2.18. The van der Waals surface area contributed by atoms with Crippen LogP contribution in [-0.2, 0) is 6.54 Å². The Morgan fingerprint density at radius 1 is 0.897 bits per heavy atom. The molecule has 0 aliphatic rings. The van der Waals surface area contributed by atoms with E-state index in [1.54, 1.807) is 28.8 Å². The van der Waals surface area contributed by atoms with Gasteiger partial charge in [0, 0.05) is 33.9 Å². The van der Waals surface area contributed by atoms with Crippen LogP contribution in [0.2, 0.25) is 0 Å². The van der Waals surface area contributed by atoms with Crippen molar-refractivity contribution in [1.82, 2.24) is 4.57 Å². The third-order valence-corrected chi connectivity index (χ3v) is 4.60. The molecule has 4 nitrogen and oxygen atoms in total. The van der Waals surface area contributed by atoms with Gasteiger partial charge in [0.1, 0.15) is 23.1 Å². The largest absolute Gasteiger partial charge is 0.399 e. The highest BCUT2D eigenvalue weighted by molar-refractivity contribution is 6.06. The average molecular weight is 395 g/mol. The standard InChI is InChI=1S/C22H16F3N3O/c23-15-3-6-18(7-4-15)27-22(29)21-10-14-9-17(26)5-8-20(14)28(21)12-13-1-2-16(24)11-19(13)25/h1-11H,12,26H2,(H,27,29). The monoisotopic (exact) mass is 395 g/mol. The molecular formula is C22H16F3N3O. The van der Waals surface area contributed by atoms with Crippen LogP contribution in [0.5, 0.6) is 0 Å². The zero-order valence-electron chi connectivity index (χ0n) is 15.1. The number of carbonyl (C=O) groups is 1. The van der Waals surface area contributed by atoms with E-state index in [4.69, 9.17) is 5.73 Å². The van der Waals surface area contributed by atoms with Gasteiger partial charge in [0.2, 0.25) is 0 Å². The van der Waals surface area contributed by atoms with Crippen LogP contribution in [0, 0.1) is 17.5 Å². The van der Waals surface area contributed by atoms with Gasteiger partial charge in [0.15, 0.2) is 0 Å². The molecule has 4 aromatic rings. The second-order valence-electron chi connectivity index (χ2n) is 6.63. The summed E-state index contributed by atoms with van der Waals surface area (Å²) in [5, 5.41) is 3.40. The van der Waals surface area contributed by atoms with Crippen molar-refractivity contribution in [3.63, 3.8) is 0 Å². The van der Waals surface area contributed by atoms with Gasteiger partial charge in [-0.05, 0) is 54.6 Å². The zero-order valence-corrected chi connectivity index (χ0v) is 15.1. The molecule has 3 N–H and O–H groups in total. The van der Waals surface area contributed by atoms with E-state index in [1.165, 1.54) is 36.4 Å². The molecule has 0 bridgehead atoms. The van der Waals surface area contributed by atoms with Gasteiger partial charge in [-0.15, -0.1) is 0 Å². The van der Waals surface area contributed by atoms with Crippen LogP contribution in [0.3, 0.4) is 0 Å². The Kier molecular flexibility index (Phi) is 4.72. The number of nitrogens with one attached hydrogen (secondary N) is 1. The van der Waals surface area contributed by atoms with Crippen molar-refractivity contribution in [3.05, 3.63) is 95.4 Å². The number of amides is 1. The predicted molar refractivity (Wildman–Crippen MR) is 106 cm³/mol. The minimum absolute atomic E-state index is 0.0195. The number of nitrogens with zero attached hydrogens (tertiary/aromatic N) is 1. The molecule has 0 unspecified atom stereocenters. The fourth-order valence-electron chi connectivity index (χ4n) is 3.20. The van der Waals surface area contributed by atoms with E-state index in [0.717, 1.165) is 6.07 Å². The van der Waals surface area contributed by atoms with Gasteiger partial charge < -0.3 is 15.6 Å². The van der Waals surface area contributed by atoms with E-state index in [0.29, 0.717) is 22.3 Å². The second-order valence-corrected chi connectivity index (χ2v) is 6.63. The van der Waals surface area contributed by atoms with Crippen LogP contribution >= 0.6 is 0 Å². The number of benzene rings is 3. The molecular weight excluding hydrogens is 379 g/mol. The van der Waals surface area contributed by atoms with E-state index < -0.39 is 23.4 Å². The quantitative estimate of drug-likeness (QED) is 0.481. The van der Waals surface area contributed by atoms with Crippen molar-refractivity contribution in [1.29, 1.82) is 0 Å². The summed E-state index contributed by atoms with van der Waals surface area (Å²) >= 11 is 0. The number of anilines is 2. The number of hydrogen-bond acceptors (Lipinski definition) is 2. The number of rotatable bonds is 4. The summed E-state index contributed by atoms with van der Waals surface area (Å²) < 4.78 is 42.2. The average Bonchev–Trinajstić information content (AvgIpc) is 3.03. The first-order chi connectivity index (χ1) is 13.9. The normalized spacial score (nSPS) is 11.0. The summed E-state index contributed by atoms with van der Waals surface area (Å²) in [6.07, 6.45) is 0. The summed E-state index contributed by atoms with van der Waals surface area (Å²) in [6.45, 7) is 0.0195. The lowest BCUT2D eigenvalue weighted by molar-refractivity contribution is 0.101. The second kappa shape index (κ2) is 7.35. The fourth-order valence-corrected chi connectivity index (χ4v) is 3.20. The van der Waals surface area contributed by atoms with Gasteiger partial charge in [-0.2, -0.15) is 0 Å². The molecule has 1 amide bonds. The number of fused-ring (bicyclic) bond motifs is 1. The molecule has 1 heterocycles. The number of hydrogen-bond donors (Lipinski definition) is 2. The van der Waals surface area contributed by atoms with E-state index in [1.807, 2.05) is 0 Å². The first-order valence-corrected chi connectivity index (χ1v) is 8.80. The Morgan fingerprint density at radius 3 is 2.34 bits per heavy atom. The first-order valence-electron chi connectivity index (χ1n) is 8.80. The molecule has 0 saturated carbocycles. The summed E-state index contributed by atoms with van der Waals surface area (Å²) in [5.74, 6) is -2.24. The van der Waals surface area contributed by atoms with Gasteiger partial charge in [0.25, 0.3) is 5.91 Å². The Labute approximate surface area is 164 Å².